The molecule has 0 aromatic carbocycles. The van der Waals surface area contributed by atoms with Crippen LogP contribution in [-0.4, -0.2) is 27.2 Å². The largest absolute Gasteiger partial charge is 0.481 e. The van der Waals surface area contributed by atoms with Gasteiger partial charge in [0, 0.05) is 11.8 Å². The Morgan fingerprint density at radius 3 is 2.83 bits per heavy atom. The van der Waals surface area contributed by atoms with E-state index in [1.165, 1.54) is 0 Å². The van der Waals surface area contributed by atoms with Crippen molar-refractivity contribution in [2.75, 3.05) is 0 Å². The van der Waals surface area contributed by atoms with Gasteiger partial charge < -0.3 is 10.4 Å². The Kier molecular flexibility index (Phi) is 3.64. The molecule has 0 spiro atoms. The fraction of sp³-hybridized carbons (Fsp3) is 0.583. The second-order valence-corrected chi connectivity index (χ2v) is 4.74. The Morgan fingerprint density at radius 2 is 2.22 bits per heavy atom. The summed E-state index contributed by atoms with van der Waals surface area (Å²) in [7, 11) is 0. The summed E-state index contributed by atoms with van der Waals surface area (Å²) in [5.41, 5.74) is 0.883. The average Bonchev–Trinajstić information content (AvgIpc) is 3.00. The zero-order valence-corrected chi connectivity index (χ0v) is 10.2. The lowest BCUT2D eigenvalue weighted by Gasteiger charge is -2.18. The number of amides is 1. The van der Waals surface area contributed by atoms with Crippen molar-refractivity contribution in [2.45, 2.75) is 32.2 Å². The number of carboxylic acid groups (broad SMARTS) is 1. The molecule has 2 rings (SSSR count). The number of carboxylic acids is 1. The summed E-state index contributed by atoms with van der Waals surface area (Å²) < 4.78 is 0. The number of nitrogens with one attached hydrogen (secondary N) is 2. The first kappa shape index (κ1) is 12.6. The summed E-state index contributed by atoms with van der Waals surface area (Å²) in [6.45, 7) is 1.85. The summed E-state index contributed by atoms with van der Waals surface area (Å²) in [6, 6.07) is -0.161. The molecule has 1 aromatic heterocycles. The fourth-order valence-electron chi connectivity index (χ4n) is 2.47. The predicted octanol–water partition coefficient (Wildman–Crippen LogP) is 1.09. The molecule has 3 atom stereocenters. The third-order valence-electron chi connectivity index (χ3n) is 3.55. The van der Waals surface area contributed by atoms with Gasteiger partial charge >= 0.3 is 5.97 Å². The minimum absolute atomic E-state index is 0.161. The zero-order valence-electron chi connectivity index (χ0n) is 10.2. The van der Waals surface area contributed by atoms with Gasteiger partial charge in [0.25, 0.3) is 0 Å². The minimum atomic E-state index is -0.872. The quantitative estimate of drug-likeness (QED) is 0.746. The highest BCUT2D eigenvalue weighted by Crippen LogP contribution is 2.32. The Morgan fingerprint density at radius 1 is 1.50 bits per heavy atom. The van der Waals surface area contributed by atoms with Crippen LogP contribution in [0.3, 0.4) is 0 Å². The summed E-state index contributed by atoms with van der Waals surface area (Å²) in [5.74, 6) is -1.99. The summed E-state index contributed by atoms with van der Waals surface area (Å²) >= 11 is 0. The molecule has 1 aromatic rings. The first-order valence-corrected chi connectivity index (χ1v) is 6.11. The lowest BCUT2D eigenvalue weighted by Crippen LogP contribution is -2.36. The van der Waals surface area contributed by atoms with Crippen LogP contribution in [0.4, 0.5) is 0 Å². The maximum Gasteiger partial charge on any atom is 0.307 e. The highest BCUT2D eigenvalue weighted by Gasteiger charge is 2.38. The van der Waals surface area contributed by atoms with E-state index in [9.17, 15) is 9.59 Å². The zero-order chi connectivity index (χ0) is 13.1. The number of hydrogen-bond acceptors (Lipinski definition) is 3. The van der Waals surface area contributed by atoms with Crippen molar-refractivity contribution in [3.63, 3.8) is 0 Å². The minimum Gasteiger partial charge on any atom is -0.481 e. The van der Waals surface area contributed by atoms with E-state index in [1.807, 2.05) is 6.92 Å². The summed E-state index contributed by atoms with van der Waals surface area (Å²) in [6.07, 6.45) is 5.41. The van der Waals surface area contributed by atoms with Gasteiger partial charge in [0.15, 0.2) is 0 Å². The number of H-pyrrole nitrogens is 1. The Labute approximate surface area is 105 Å². The van der Waals surface area contributed by atoms with Crippen LogP contribution >= 0.6 is 0 Å². The van der Waals surface area contributed by atoms with Crippen molar-refractivity contribution >= 4 is 11.9 Å². The van der Waals surface area contributed by atoms with Gasteiger partial charge in [0.2, 0.25) is 5.91 Å². The van der Waals surface area contributed by atoms with Gasteiger partial charge in [-0.3, -0.25) is 14.7 Å². The molecular weight excluding hydrogens is 234 g/mol. The van der Waals surface area contributed by atoms with E-state index >= 15 is 0 Å². The van der Waals surface area contributed by atoms with Crippen molar-refractivity contribution in [1.29, 1.82) is 0 Å². The van der Waals surface area contributed by atoms with Gasteiger partial charge in [0.05, 0.1) is 24.1 Å². The molecule has 6 heteroatoms. The molecule has 3 unspecified atom stereocenters. The molecule has 0 bridgehead atoms. The molecule has 6 nitrogen and oxygen atoms in total. The maximum atomic E-state index is 12.1. The van der Waals surface area contributed by atoms with Crippen LogP contribution in [-0.2, 0) is 9.59 Å². The summed E-state index contributed by atoms with van der Waals surface area (Å²) in [5, 5.41) is 18.4. The van der Waals surface area contributed by atoms with Gasteiger partial charge in [-0.25, -0.2) is 0 Å². The van der Waals surface area contributed by atoms with Crippen molar-refractivity contribution in [3.05, 3.63) is 18.0 Å². The SMILES string of the molecule is CC(NC(=O)C1CCCC1C(=O)O)c1cn[nH]c1. The van der Waals surface area contributed by atoms with E-state index in [0.29, 0.717) is 12.8 Å². The summed E-state index contributed by atoms with van der Waals surface area (Å²) in [4.78, 5) is 23.1. The first-order chi connectivity index (χ1) is 8.59. The van der Waals surface area contributed by atoms with Crippen LogP contribution in [0, 0.1) is 11.8 Å². The molecule has 1 fully saturated rings. The number of carbonyl (C=O) groups excluding carboxylic acids is 1. The number of carbonyl (C=O) groups is 2. The number of hydrogen-bond donors (Lipinski definition) is 3. The van der Waals surface area contributed by atoms with Crippen LogP contribution in [0.2, 0.25) is 0 Å². The normalized spacial score (nSPS) is 24.7. The second-order valence-electron chi connectivity index (χ2n) is 4.74. The van der Waals surface area contributed by atoms with Crippen LogP contribution in [0.1, 0.15) is 37.8 Å². The Hall–Kier alpha value is -1.85. The monoisotopic (exact) mass is 251 g/mol. The van der Waals surface area contributed by atoms with Crippen LogP contribution < -0.4 is 5.32 Å². The van der Waals surface area contributed by atoms with E-state index in [-0.39, 0.29) is 11.9 Å². The molecule has 0 radical (unpaired) electrons. The van der Waals surface area contributed by atoms with Crippen molar-refractivity contribution < 1.29 is 14.7 Å². The van der Waals surface area contributed by atoms with E-state index in [2.05, 4.69) is 15.5 Å². The number of aromatic amines is 1. The van der Waals surface area contributed by atoms with Crippen LogP contribution in [0.5, 0.6) is 0 Å². The van der Waals surface area contributed by atoms with Gasteiger partial charge in [-0.2, -0.15) is 5.10 Å². The lowest BCUT2D eigenvalue weighted by atomic mass is 9.95. The van der Waals surface area contributed by atoms with Crippen LogP contribution in [0.25, 0.3) is 0 Å². The van der Waals surface area contributed by atoms with E-state index in [0.717, 1.165) is 12.0 Å². The molecule has 1 saturated carbocycles. The molecule has 1 aliphatic rings. The van der Waals surface area contributed by atoms with Gasteiger partial charge in [0.1, 0.15) is 0 Å². The molecule has 0 saturated heterocycles. The number of aromatic nitrogens is 2. The molecular formula is C12H17N3O3. The molecule has 98 valence electrons. The Bertz CT molecular complexity index is 430. The predicted molar refractivity (Wildman–Crippen MR) is 63.6 cm³/mol. The fourth-order valence-corrected chi connectivity index (χ4v) is 2.47. The molecule has 18 heavy (non-hydrogen) atoms. The van der Waals surface area contributed by atoms with E-state index in [1.54, 1.807) is 12.4 Å². The topological polar surface area (TPSA) is 95.1 Å². The molecule has 1 aliphatic carbocycles. The smallest absolute Gasteiger partial charge is 0.307 e. The number of aliphatic carboxylic acids is 1. The van der Waals surface area contributed by atoms with Gasteiger partial charge in [-0.05, 0) is 19.8 Å². The van der Waals surface area contributed by atoms with Crippen molar-refractivity contribution in [1.82, 2.24) is 15.5 Å². The molecule has 3 N–H and O–H groups in total. The average molecular weight is 251 g/mol. The van der Waals surface area contributed by atoms with Crippen molar-refractivity contribution in [3.8, 4) is 0 Å². The van der Waals surface area contributed by atoms with E-state index < -0.39 is 17.8 Å². The standard InChI is InChI=1S/C12H17N3O3/c1-7(8-5-13-14-6-8)15-11(16)9-3-2-4-10(9)12(17)18/h5-7,9-10H,2-4H2,1H3,(H,13,14)(H,15,16)(H,17,18). The first-order valence-electron chi connectivity index (χ1n) is 6.11. The van der Waals surface area contributed by atoms with Gasteiger partial charge in [-0.15, -0.1) is 0 Å². The molecule has 1 heterocycles. The lowest BCUT2D eigenvalue weighted by molar-refractivity contribution is -0.146. The van der Waals surface area contributed by atoms with Crippen molar-refractivity contribution in [2.24, 2.45) is 11.8 Å². The highest BCUT2D eigenvalue weighted by molar-refractivity contribution is 5.85. The maximum absolute atomic E-state index is 12.1. The Balaban J connectivity index is 1.97. The third-order valence-corrected chi connectivity index (χ3v) is 3.55. The number of rotatable bonds is 4. The highest BCUT2D eigenvalue weighted by atomic mass is 16.4. The number of nitrogens with zero attached hydrogens (tertiary/aromatic N) is 1. The second kappa shape index (κ2) is 5.20. The van der Waals surface area contributed by atoms with Gasteiger partial charge in [-0.1, -0.05) is 6.42 Å². The molecule has 1 amide bonds. The van der Waals surface area contributed by atoms with E-state index in [4.69, 9.17) is 5.11 Å². The molecule has 0 aliphatic heterocycles. The third kappa shape index (κ3) is 2.52. The van der Waals surface area contributed by atoms with Crippen LogP contribution in [0.15, 0.2) is 12.4 Å².